The minimum atomic E-state index is -2.11. The molecule has 1 heterocycles. The highest BCUT2D eigenvalue weighted by Gasteiger charge is 2.51. The van der Waals surface area contributed by atoms with Crippen LogP contribution < -0.4 is 0 Å². The van der Waals surface area contributed by atoms with E-state index in [9.17, 15) is 4.79 Å². The molecular formula is C31H44O7Si. The molecule has 1 saturated heterocycles. The van der Waals surface area contributed by atoms with Gasteiger partial charge in [-0.3, -0.25) is 4.79 Å². The number of benzene rings is 2. The zero-order chi connectivity index (χ0) is 28.5. The van der Waals surface area contributed by atoms with Crippen molar-refractivity contribution in [1.82, 2.24) is 0 Å². The number of carbonyl (C=O) groups is 1. The van der Waals surface area contributed by atoms with Crippen LogP contribution in [0.4, 0.5) is 0 Å². The van der Waals surface area contributed by atoms with Crippen LogP contribution >= 0.6 is 0 Å². The number of hydrogen-bond acceptors (Lipinski definition) is 7. The Labute approximate surface area is 234 Å². The van der Waals surface area contributed by atoms with Crippen LogP contribution in [0.15, 0.2) is 73.3 Å². The quantitative estimate of drug-likeness (QED) is 0.169. The molecule has 1 fully saturated rings. The Balaban J connectivity index is 1.93. The van der Waals surface area contributed by atoms with Crippen LogP contribution in [0, 0.1) is 0 Å². The van der Waals surface area contributed by atoms with Crippen molar-refractivity contribution >= 4 is 14.3 Å². The fourth-order valence-electron chi connectivity index (χ4n) is 4.05. The predicted octanol–water partition coefficient (Wildman–Crippen LogP) is 6.04. The first-order valence-electron chi connectivity index (χ1n) is 13.5. The van der Waals surface area contributed by atoms with Gasteiger partial charge in [0.15, 0.2) is 20.7 Å². The first kappa shape index (κ1) is 31.2. The van der Waals surface area contributed by atoms with Gasteiger partial charge < -0.3 is 28.1 Å². The van der Waals surface area contributed by atoms with Gasteiger partial charge in [0.2, 0.25) is 0 Å². The summed E-state index contributed by atoms with van der Waals surface area (Å²) in [6, 6.07) is 19.7. The molecule has 0 saturated carbocycles. The molecule has 0 radical (unpaired) electrons. The summed E-state index contributed by atoms with van der Waals surface area (Å²) in [5.41, 5.74) is 1.97. The fourth-order valence-corrected chi connectivity index (χ4v) is 5.07. The van der Waals surface area contributed by atoms with Crippen LogP contribution in [0.5, 0.6) is 0 Å². The van der Waals surface area contributed by atoms with Crippen molar-refractivity contribution in [3.05, 3.63) is 84.4 Å². The van der Waals surface area contributed by atoms with E-state index < -0.39 is 45.0 Å². The van der Waals surface area contributed by atoms with Crippen LogP contribution in [0.1, 0.15) is 38.8 Å². The predicted molar refractivity (Wildman–Crippen MR) is 154 cm³/mol. The Bertz CT molecular complexity index is 1020. The second kappa shape index (κ2) is 14.3. The lowest BCUT2D eigenvalue weighted by molar-refractivity contribution is -0.317. The molecule has 214 valence electrons. The summed E-state index contributed by atoms with van der Waals surface area (Å²) in [5, 5.41) is 0.0113. The summed E-state index contributed by atoms with van der Waals surface area (Å²) in [7, 11) is -2.11. The van der Waals surface area contributed by atoms with Gasteiger partial charge in [-0.25, -0.2) is 0 Å². The minimum absolute atomic E-state index is 0.0113. The molecule has 0 aromatic heterocycles. The maximum atomic E-state index is 12.4. The molecule has 0 bridgehead atoms. The molecule has 0 spiro atoms. The molecule has 0 unspecified atom stereocenters. The third-order valence-corrected chi connectivity index (χ3v) is 11.8. The van der Waals surface area contributed by atoms with Gasteiger partial charge in [-0.05, 0) is 29.3 Å². The van der Waals surface area contributed by atoms with Crippen molar-refractivity contribution in [3.8, 4) is 0 Å². The minimum Gasteiger partial charge on any atom is -0.457 e. The first-order chi connectivity index (χ1) is 18.5. The van der Waals surface area contributed by atoms with E-state index in [0.29, 0.717) is 6.61 Å². The maximum absolute atomic E-state index is 12.4. The van der Waals surface area contributed by atoms with Gasteiger partial charge in [0.05, 0.1) is 26.4 Å². The molecule has 0 N–H and O–H groups in total. The standard InChI is InChI=1S/C31H44O7Si/c1-8-19-33-30-29(35-21-25-17-13-10-14-18-25)28(37-23(2)32)27(34-20-24-15-11-9-12-16-24)26(38-30)22-36-39(6,7)31(3,4)5/h8-18,26-30H,1,19-22H2,2-7H3/t26-,27-,28-,29+,30+/m1/s1. The Kier molecular flexibility index (Phi) is 11.5. The van der Waals surface area contributed by atoms with Crippen molar-refractivity contribution in [1.29, 1.82) is 0 Å². The normalized spacial score (nSPS) is 23.8. The van der Waals surface area contributed by atoms with E-state index in [1.54, 1.807) is 6.08 Å². The average Bonchev–Trinajstić information content (AvgIpc) is 2.89. The third kappa shape index (κ3) is 9.10. The Morgan fingerprint density at radius 1 is 0.897 bits per heavy atom. The van der Waals surface area contributed by atoms with Gasteiger partial charge in [-0.15, -0.1) is 6.58 Å². The lowest BCUT2D eigenvalue weighted by Gasteiger charge is -2.46. The molecule has 8 heteroatoms. The van der Waals surface area contributed by atoms with E-state index in [1.807, 2.05) is 60.7 Å². The summed E-state index contributed by atoms with van der Waals surface area (Å²) in [4.78, 5) is 12.4. The summed E-state index contributed by atoms with van der Waals surface area (Å²) in [6.07, 6.45) is -1.90. The monoisotopic (exact) mass is 556 g/mol. The van der Waals surface area contributed by atoms with E-state index >= 15 is 0 Å². The average molecular weight is 557 g/mol. The van der Waals surface area contributed by atoms with Crippen molar-refractivity contribution in [2.45, 2.75) is 89.7 Å². The van der Waals surface area contributed by atoms with Crippen LogP contribution in [-0.2, 0) is 46.1 Å². The van der Waals surface area contributed by atoms with Crippen molar-refractivity contribution in [2.75, 3.05) is 13.2 Å². The largest absolute Gasteiger partial charge is 0.457 e. The Morgan fingerprint density at radius 3 is 1.92 bits per heavy atom. The van der Waals surface area contributed by atoms with Gasteiger partial charge in [-0.2, -0.15) is 0 Å². The van der Waals surface area contributed by atoms with E-state index in [-0.39, 0.29) is 24.9 Å². The lowest BCUT2D eigenvalue weighted by atomic mass is 9.98. The summed E-state index contributed by atoms with van der Waals surface area (Å²) in [6.45, 7) is 17.2. The molecule has 1 aliphatic rings. The second-order valence-corrected chi connectivity index (χ2v) is 16.1. The molecule has 0 amide bonds. The summed E-state index contributed by atoms with van der Waals surface area (Å²) >= 11 is 0. The van der Waals surface area contributed by atoms with E-state index in [0.717, 1.165) is 11.1 Å². The summed E-state index contributed by atoms with van der Waals surface area (Å²) in [5.74, 6) is -0.435. The maximum Gasteiger partial charge on any atom is 0.303 e. The lowest BCUT2D eigenvalue weighted by Crippen LogP contribution is -2.62. The highest BCUT2D eigenvalue weighted by Crippen LogP contribution is 2.38. The van der Waals surface area contributed by atoms with Gasteiger partial charge >= 0.3 is 5.97 Å². The zero-order valence-corrected chi connectivity index (χ0v) is 25.1. The molecule has 2 aromatic carbocycles. The number of esters is 1. The molecule has 5 atom stereocenters. The van der Waals surface area contributed by atoms with Crippen molar-refractivity contribution in [2.24, 2.45) is 0 Å². The zero-order valence-electron chi connectivity index (χ0n) is 24.1. The number of ether oxygens (including phenoxy) is 5. The molecular weight excluding hydrogens is 512 g/mol. The number of hydrogen-bond donors (Lipinski definition) is 0. The second-order valence-electron chi connectivity index (χ2n) is 11.3. The summed E-state index contributed by atoms with van der Waals surface area (Å²) < 4.78 is 37.8. The highest BCUT2D eigenvalue weighted by molar-refractivity contribution is 6.74. The van der Waals surface area contributed by atoms with Crippen LogP contribution in [0.2, 0.25) is 18.1 Å². The molecule has 7 nitrogen and oxygen atoms in total. The van der Waals surface area contributed by atoms with Crippen LogP contribution in [-0.4, -0.2) is 58.2 Å². The SMILES string of the molecule is C=CCO[C@H]1O[C@H](CO[Si](C)(C)C(C)(C)C)[C@@H](OCc2ccccc2)[C@@H](OC(C)=O)[C@@H]1OCc1ccccc1. The number of carbonyl (C=O) groups excluding carboxylic acids is 1. The van der Waals surface area contributed by atoms with Crippen molar-refractivity contribution < 1.29 is 32.9 Å². The Morgan fingerprint density at radius 2 is 1.44 bits per heavy atom. The van der Waals surface area contributed by atoms with Gasteiger partial charge in [-0.1, -0.05) is 87.5 Å². The smallest absolute Gasteiger partial charge is 0.303 e. The van der Waals surface area contributed by atoms with Crippen LogP contribution in [0.25, 0.3) is 0 Å². The third-order valence-electron chi connectivity index (χ3n) is 7.26. The molecule has 39 heavy (non-hydrogen) atoms. The molecule has 0 aliphatic carbocycles. The fraction of sp³-hybridized carbons (Fsp3) is 0.516. The van der Waals surface area contributed by atoms with Crippen LogP contribution in [0.3, 0.4) is 0 Å². The van der Waals surface area contributed by atoms with E-state index in [4.69, 9.17) is 28.1 Å². The van der Waals surface area contributed by atoms with Gasteiger partial charge in [0, 0.05) is 6.92 Å². The van der Waals surface area contributed by atoms with E-state index in [1.165, 1.54) is 6.92 Å². The highest BCUT2D eigenvalue weighted by atomic mass is 28.4. The van der Waals surface area contributed by atoms with E-state index in [2.05, 4.69) is 40.4 Å². The van der Waals surface area contributed by atoms with Gasteiger partial charge in [0.25, 0.3) is 0 Å². The van der Waals surface area contributed by atoms with Crippen molar-refractivity contribution in [3.63, 3.8) is 0 Å². The van der Waals surface area contributed by atoms with Gasteiger partial charge in [0.1, 0.15) is 18.3 Å². The molecule has 2 aromatic rings. The topological polar surface area (TPSA) is 72.5 Å². The number of rotatable bonds is 13. The first-order valence-corrected chi connectivity index (χ1v) is 16.4. The molecule has 3 rings (SSSR count). The Hall–Kier alpha value is -2.33. The molecule has 1 aliphatic heterocycles.